The molecule has 2 fully saturated rings. The average Bonchev–Trinajstić information content (AvgIpc) is 4.15. The number of carbonyl (C=O) groups is 4. The predicted molar refractivity (Wildman–Crippen MR) is 245 cm³/mol. The Labute approximate surface area is 384 Å². The van der Waals surface area contributed by atoms with Crippen LogP contribution in [0.25, 0.3) is 0 Å². The van der Waals surface area contributed by atoms with Gasteiger partial charge in [-0.3, -0.25) is 28.8 Å². The summed E-state index contributed by atoms with van der Waals surface area (Å²) in [5.41, 5.74) is 6.17. The molecule has 4 aromatic rings. The van der Waals surface area contributed by atoms with Gasteiger partial charge in [0.05, 0.1) is 92.7 Å². The standard InChI is InChI=1S/2C23H31FN6O3/c1-4-27(5-2)8-9-29-13-17-12-28(15-21(17)26-29)22-7-6-18(10-20(22)24)30-14-19(33-23(30)32)11-25-16(3)31;1-4-27(5-2)8-9-30-22-15-28(13-17(22)11-26-30)21-7-6-18(10-20(21)24)29-14-19(33-23(29)32)12-25-16(3)31/h6-7,10,13,19H,4-5,8-9,11-12,14-15H2,1-3H3,(H,25,31);6-7,10-11,19H,4-5,8-9,12-15H2,1-3H3,(H,25,31)/t2*19-/m00/s1. The predicted octanol–water partition coefficient (Wildman–Crippen LogP) is 4.69. The number of halogens is 2. The van der Waals surface area contributed by atoms with Gasteiger partial charge in [-0.15, -0.1) is 0 Å². The van der Waals surface area contributed by atoms with Crippen LogP contribution in [0.2, 0.25) is 0 Å². The van der Waals surface area contributed by atoms with Crippen LogP contribution in [-0.4, -0.2) is 131 Å². The van der Waals surface area contributed by atoms with Gasteiger partial charge in [0.15, 0.2) is 0 Å². The van der Waals surface area contributed by atoms with Crippen LogP contribution in [0.3, 0.4) is 0 Å². The number of nitrogens with zero attached hydrogens (tertiary/aromatic N) is 10. The Bertz CT molecular complexity index is 2340. The van der Waals surface area contributed by atoms with Crippen LogP contribution >= 0.6 is 0 Å². The van der Waals surface area contributed by atoms with E-state index < -0.39 is 36.0 Å². The molecule has 0 aliphatic carbocycles. The smallest absolute Gasteiger partial charge is 0.414 e. The van der Waals surface area contributed by atoms with Gasteiger partial charge in [-0.2, -0.15) is 10.2 Å². The molecule has 4 amide bonds. The lowest BCUT2D eigenvalue weighted by atomic mass is 10.2. The number of hydrogen-bond donors (Lipinski definition) is 2. The second-order valence-electron chi connectivity index (χ2n) is 16.8. The summed E-state index contributed by atoms with van der Waals surface area (Å²) < 4.78 is 44.7. The summed E-state index contributed by atoms with van der Waals surface area (Å²) in [7, 11) is 0. The SMILES string of the molecule is CCN(CC)CCn1cc2c(n1)CN(c1ccc(N3C[C@H](CNC(C)=O)OC3=O)cc1F)C2.CCN(CC)CCn1ncc2c1CN(c1ccc(N3C[C@H](CNC(C)=O)OC3=O)cc1F)C2. The molecule has 4 aliphatic heterocycles. The van der Waals surface area contributed by atoms with Gasteiger partial charge >= 0.3 is 12.2 Å². The van der Waals surface area contributed by atoms with Crippen LogP contribution in [0.1, 0.15) is 64.1 Å². The Balaban J connectivity index is 0.000000196. The third kappa shape index (κ3) is 11.2. The van der Waals surface area contributed by atoms with Gasteiger partial charge in [0.2, 0.25) is 11.8 Å². The van der Waals surface area contributed by atoms with E-state index in [9.17, 15) is 19.2 Å². The number of cyclic esters (lactones) is 2. The van der Waals surface area contributed by atoms with E-state index in [0.29, 0.717) is 48.9 Å². The summed E-state index contributed by atoms with van der Waals surface area (Å²) in [6.07, 6.45) is 1.92. The van der Waals surface area contributed by atoms with Gasteiger partial charge in [-0.1, -0.05) is 27.7 Å². The highest BCUT2D eigenvalue weighted by Gasteiger charge is 2.35. The number of likely N-dealkylation sites (N-methyl/N-ethyl adjacent to an activating group) is 2. The number of nitrogens with one attached hydrogen (secondary N) is 2. The molecule has 8 rings (SSSR count). The molecule has 0 unspecified atom stereocenters. The van der Waals surface area contributed by atoms with Crippen molar-refractivity contribution >= 4 is 46.8 Å². The van der Waals surface area contributed by atoms with Crippen molar-refractivity contribution in [3.8, 4) is 0 Å². The Kier molecular flexibility index (Phi) is 15.4. The molecule has 2 aromatic carbocycles. The first-order valence-corrected chi connectivity index (χ1v) is 22.8. The first-order valence-electron chi connectivity index (χ1n) is 22.8. The number of ether oxygens (including phenoxy) is 2. The minimum Gasteiger partial charge on any atom is -0.442 e. The molecular weight excluding hydrogens is 855 g/mol. The van der Waals surface area contributed by atoms with Crippen molar-refractivity contribution in [1.29, 1.82) is 0 Å². The fraction of sp³-hybridized carbons (Fsp3) is 0.522. The van der Waals surface area contributed by atoms with Crippen LogP contribution in [0.15, 0.2) is 48.8 Å². The molecule has 4 aliphatic rings. The third-order valence-electron chi connectivity index (χ3n) is 12.5. The zero-order chi connectivity index (χ0) is 47.1. The number of hydrogen-bond acceptors (Lipinski definition) is 12. The lowest BCUT2D eigenvalue weighted by Crippen LogP contribution is -2.33. The maximum absolute atomic E-state index is 15.1. The van der Waals surface area contributed by atoms with Crippen molar-refractivity contribution in [2.75, 3.05) is 85.0 Å². The highest BCUT2D eigenvalue weighted by atomic mass is 19.1. The molecule has 66 heavy (non-hydrogen) atoms. The topological polar surface area (TPSA) is 166 Å². The summed E-state index contributed by atoms with van der Waals surface area (Å²) in [4.78, 5) is 58.0. The second-order valence-corrected chi connectivity index (χ2v) is 16.8. The molecule has 356 valence electrons. The van der Waals surface area contributed by atoms with Gasteiger partial charge in [0.25, 0.3) is 0 Å². The number of anilines is 4. The van der Waals surface area contributed by atoms with Crippen LogP contribution in [0.5, 0.6) is 0 Å². The van der Waals surface area contributed by atoms with Crippen LogP contribution < -0.4 is 30.2 Å². The van der Waals surface area contributed by atoms with Crippen molar-refractivity contribution in [2.45, 2.75) is 93.0 Å². The molecule has 0 bridgehead atoms. The molecule has 2 N–H and O–H groups in total. The number of benzene rings is 2. The van der Waals surface area contributed by atoms with Crippen molar-refractivity contribution in [2.24, 2.45) is 0 Å². The highest BCUT2D eigenvalue weighted by Crippen LogP contribution is 2.35. The molecule has 6 heterocycles. The van der Waals surface area contributed by atoms with Gasteiger partial charge in [0.1, 0.15) is 23.8 Å². The van der Waals surface area contributed by atoms with E-state index in [-0.39, 0.29) is 38.0 Å². The number of amides is 4. The summed E-state index contributed by atoms with van der Waals surface area (Å²) in [5, 5.41) is 14.5. The molecule has 2 aromatic heterocycles. The Morgan fingerprint density at radius 3 is 1.70 bits per heavy atom. The molecule has 20 heteroatoms. The summed E-state index contributed by atoms with van der Waals surface area (Å²) in [6.45, 7) is 22.3. The van der Waals surface area contributed by atoms with Crippen LogP contribution in [0, 0.1) is 11.6 Å². The van der Waals surface area contributed by atoms with Crippen LogP contribution in [-0.2, 0) is 58.3 Å². The fourth-order valence-corrected chi connectivity index (χ4v) is 8.66. The number of carbonyl (C=O) groups excluding carboxylic acids is 4. The van der Waals surface area contributed by atoms with Crippen molar-refractivity contribution in [1.82, 2.24) is 40.0 Å². The van der Waals surface area contributed by atoms with E-state index in [1.807, 2.05) is 25.4 Å². The minimum absolute atomic E-state index is 0.192. The number of aromatic nitrogens is 4. The Hall–Kier alpha value is -6.28. The van der Waals surface area contributed by atoms with Gasteiger partial charge < -0.3 is 39.7 Å². The van der Waals surface area contributed by atoms with E-state index in [1.165, 1.54) is 35.8 Å². The zero-order valence-corrected chi connectivity index (χ0v) is 38.8. The van der Waals surface area contributed by atoms with Crippen molar-refractivity contribution in [3.05, 3.63) is 82.9 Å². The molecule has 2 atom stereocenters. The third-order valence-corrected chi connectivity index (χ3v) is 12.5. The largest absolute Gasteiger partial charge is 0.442 e. The fourth-order valence-electron chi connectivity index (χ4n) is 8.66. The quantitative estimate of drug-likeness (QED) is 0.142. The second kappa shape index (κ2) is 21.4. The molecule has 0 radical (unpaired) electrons. The first kappa shape index (κ1) is 47.7. The lowest BCUT2D eigenvalue weighted by Gasteiger charge is -2.21. The number of rotatable bonds is 18. The molecule has 18 nitrogen and oxygen atoms in total. The minimum atomic E-state index is -0.544. The molecule has 2 saturated heterocycles. The van der Waals surface area contributed by atoms with Crippen LogP contribution in [0.4, 0.5) is 41.1 Å². The average molecular weight is 917 g/mol. The van der Waals surface area contributed by atoms with Gasteiger partial charge in [0, 0.05) is 57.4 Å². The van der Waals surface area contributed by atoms with E-state index in [1.54, 1.807) is 24.3 Å². The van der Waals surface area contributed by atoms with E-state index in [2.05, 4.69) is 59.4 Å². The normalized spacial score (nSPS) is 17.6. The number of fused-ring (bicyclic) bond motifs is 2. The van der Waals surface area contributed by atoms with E-state index >= 15 is 8.78 Å². The summed E-state index contributed by atoms with van der Waals surface area (Å²) in [5.74, 6) is -1.17. The summed E-state index contributed by atoms with van der Waals surface area (Å²) >= 11 is 0. The van der Waals surface area contributed by atoms with Gasteiger partial charge in [-0.25, -0.2) is 18.4 Å². The van der Waals surface area contributed by atoms with E-state index in [0.717, 1.165) is 74.9 Å². The molecular formula is C46H62F2N12O6. The lowest BCUT2D eigenvalue weighted by molar-refractivity contribution is -0.120. The first-order chi connectivity index (χ1) is 31.8. The summed E-state index contributed by atoms with van der Waals surface area (Å²) in [6, 6.07) is 9.58. The Morgan fingerprint density at radius 2 is 1.21 bits per heavy atom. The molecule has 0 spiro atoms. The zero-order valence-electron chi connectivity index (χ0n) is 38.8. The monoisotopic (exact) mass is 916 g/mol. The Morgan fingerprint density at radius 1 is 0.712 bits per heavy atom. The van der Waals surface area contributed by atoms with E-state index in [4.69, 9.17) is 14.6 Å². The van der Waals surface area contributed by atoms with Crippen molar-refractivity contribution < 1.29 is 37.4 Å². The maximum Gasteiger partial charge on any atom is 0.414 e. The highest BCUT2D eigenvalue weighted by molar-refractivity contribution is 5.91. The van der Waals surface area contributed by atoms with Crippen molar-refractivity contribution in [3.63, 3.8) is 0 Å². The maximum atomic E-state index is 15.1. The van der Waals surface area contributed by atoms with Gasteiger partial charge in [-0.05, 0) is 62.6 Å². The molecule has 0 saturated carbocycles.